The van der Waals surface area contributed by atoms with E-state index < -0.39 is 0 Å². The van der Waals surface area contributed by atoms with Gasteiger partial charge in [-0.3, -0.25) is 0 Å². The summed E-state index contributed by atoms with van der Waals surface area (Å²) in [6, 6.07) is 8.55. The van der Waals surface area contributed by atoms with Gasteiger partial charge in [0.2, 0.25) is 0 Å². The molecule has 1 aromatic carbocycles. The van der Waals surface area contributed by atoms with Crippen LogP contribution < -0.4 is 0 Å². The Morgan fingerprint density at radius 3 is 1.32 bits per heavy atom. The molecule has 0 heterocycles. The summed E-state index contributed by atoms with van der Waals surface area (Å²) in [6.07, 6.45) is 1.22. The van der Waals surface area contributed by atoms with Gasteiger partial charge in [-0.2, -0.15) is 17.7 Å². The van der Waals surface area contributed by atoms with Crippen LogP contribution in [0.25, 0.3) is 0 Å². The minimum Gasteiger partial charge on any atom is -0.397 e. The van der Waals surface area contributed by atoms with E-state index in [0.29, 0.717) is 0 Å². The zero-order valence-corrected chi connectivity index (χ0v) is 14.6. The maximum atomic E-state index is 7.57. The minimum atomic E-state index is 0. The third-order valence-electron chi connectivity index (χ3n) is 1.38. The maximum absolute atomic E-state index is 7.57. The van der Waals surface area contributed by atoms with Gasteiger partial charge in [0.05, 0.1) is 0 Å². The van der Waals surface area contributed by atoms with Crippen molar-refractivity contribution in [3.63, 3.8) is 0 Å². The first-order valence-electron chi connectivity index (χ1n) is 6.56. The first-order valence-corrected chi connectivity index (χ1v) is 6.56. The molecule has 0 unspecified atom stereocenters. The van der Waals surface area contributed by atoms with E-state index >= 15 is 0 Å². The summed E-state index contributed by atoms with van der Waals surface area (Å²) >= 11 is 0. The third-order valence-corrected chi connectivity index (χ3v) is 1.38. The molecule has 0 bridgehead atoms. The van der Waals surface area contributed by atoms with Crippen molar-refractivity contribution in [2.24, 2.45) is 5.92 Å². The molecule has 0 aliphatic carbocycles. The summed E-state index contributed by atoms with van der Waals surface area (Å²) in [5, 5.41) is 22.7. The van der Waals surface area contributed by atoms with Gasteiger partial charge in [0.25, 0.3) is 0 Å². The summed E-state index contributed by atoms with van der Waals surface area (Å²) in [6.45, 7) is 10.3. The molecule has 3 nitrogen and oxygen atoms in total. The Balaban J connectivity index is -0.0000000956. The zero-order chi connectivity index (χ0) is 14.8. The van der Waals surface area contributed by atoms with E-state index in [2.05, 4.69) is 38.1 Å². The maximum Gasteiger partial charge on any atom is 0.0402 e. The van der Waals surface area contributed by atoms with Crippen LogP contribution >= 0.6 is 0 Å². The number of aliphatic hydroxyl groups excluding tert-OH is 3. The van der Waals surface area contributed by atoms with Gasteiger partial charge in [0.1, 0.15) is 0 Å². The molecule has 0 fully saturated rings. The van der Waals surface area contributed by atoms with Crippen LogP contribution in [-0.2, 0) is 28.1 Å². The first kappa shape index (κ1) is 27.3. The average Bonchev–Trinajstić information content (AvgIpc) is 2.73. The second-order valence-electron chi connectivity index (χ2n) is 3.84. The summed E-state index contributed by atoms with van der Waals surface area (Å²) in [7, 11) is 0. The van der Waals surface area contributed by atoms with Crippen molar-refractivity contribution in [3.8, 4) is 0 Å². The van der Waals surface area contributed by atoms with E-state index in [-0.39, 0.29) is 41.5 Å². The molecule has 0 amide bonds. The molecule has 0 aromatic heterocycles. The van der Waals surface area contributed by atoms with Crippen LogP contribution in [0.3, 0.4) is 0 Å². The summed E-state index contributed by atoms with van der Waals surface area (Å²) < 4.78 is 0. The average molecular weight is 307 g/mol. The summed E-state index contributed by atoms with van der Waals surface area (Å²) in [4.78, 5) is 0. The van der Waals surface area contributed by atoms with Crippen molar-refractivity contribution in [1.29, 1.82) is 0 Å². The fraction of sp³-hybridized carbons (Fsp3) is 0.667. The fourth-order valence-corrected chi connectivity index (χ4v) is 1.02. The summed E-state index contributed by atoms with van der Waals surface area (Å²) in [5.41, 5.74) is 1.46. The normalized spacial score (nSPS) is 7.84. The van der Waals surface area contributed by atoms with Crippen molar-refractivity contribution in [3.05, 3.63) is 29.8 Å². The van der Waals surface area contributed by atoms with Crippen LogP contribution in [0.4, 0.5) is 0 Å². The van der Waals surface area contributed by atoms with E-state index in [9.17, 15) is 0 Å². The third kappa shape index (κ3) is 38.1. The van der Waals surface area contributed by atoms with E-state index in [0.717, 1.165) is 5.92 Å². The van der Waals surface area contributed by atoms with Gasteiger partial charge >= 0.3 is 0 Å². The van der Waals surface area contributed by atoms with E-state index in [1.54, 1.807) is 20.8 Å². The van der Waals surface area contributed by atoms with E-state index in [1.807, 2.05) is 0 Å². The Bertz CT molecular complexity index is 194. The van der Waals surface area contributed by atoms with Crippen LogP contribution in [0.1, 0.15) is 40.2 Å². The standard InChI is InChI=1S/C9H13.3C2H6O.Ti/c1-8(2)7-9-5-3-4-6-9;3*1-2-3;/h3-6,8H,7H2,1-2H3;3*3H,2H2,1H3;/q-1;;;;. The molecule has 0 aliphatic rings. The molecule has 114 valence electrons. The summed E-state index contributed by atoms with van der Waals surface area (Å²) in [5.74, 6) is 0.785. The van der Waals surface area contributed by atoms with Crippen LogP contribution in [0, 0.1) is 5.92 Å². The molecular formula is C15H31O3Ti-. The molecule has 1 rings (SSSR count). The van der Waals surface area contributed by atoms with Crippen LogP contribution in [-0.4, -0.2) is 35.1 Å². The Kier molecular flexibility index (Phi) is 38.1. The Morgan fingerprint density at radius 2 is 1.11 bits per heavy atom. The van der Waals surface area contributed by atoms with Crippen molar-refractivity contribution in [2.75, 3.05) is 19.8 Å². The molecule has 4 heteroatoms. The molecule has 0 atom stereocenters. The zero-order valence-electron chi connectivity index (χ0n) is 13.1. The molecule has 0 spiro atoms. The smallest absolute Gasteiger partial charge is 0.0402 e. The second-order valence-corrected chi connectivity index (χ2v) is 3.84. The molecule has 3 N–H and O–H groups in total. The Hall–Kier alpha value is -0.0557. The number of rotatable bonds is 2. The number of hydrogen-bond acceptors (Lipinski definition) is 3. The van der Waals surface area contributed by atoms with Crippen LogP contribution in [0.5, 0.6) is 0 Å². The molecule has 0 radical (unpaired) electrons. The molecule has 19 heavy (non-hydrogen) atoms. The number of hydrogen-bond donors (Lipinski definition) is 3. The quantitative estimate of drug-likeness (QED) is 0.581. The van der Waals surface area contributed by atoms with Gasteiger partial charge in [-0.25, -0.2) is 12.1 Å². The van der Waals surface area contributed by atoms with Gasteiger partial charge in [-0.15, -0.1) is 0 Å². The minimum absolute atomic E-state index is 0. The van der Waals surface area contributed by atoms with Crippen molar-refractivity contribution in [1.82, 2.24) is 0 Å². The van der Waals surface area contributed by atoms with Crippen LogP contribution in [0.15, 0.2) is 24.3 Å². The molecular weight excluding hydrogens is 276 g/mol. The topological polar surface area (TPSA) is 60.7 Å². The Morgan fingerprint density at radius 1 is 0.842 bits per heavy atom. The predicted molar refractivity (Wildman–Crippen MR) is 78.9 cm³/mol. The van der Waals surface area contributed by atoms with E-state index in [1.165, 1.54) is 12.0 Å². The van der Waals surface area contributed by atoms with Gasteiger partial charge in [0, 0.05) is 41.5 Å². The van der Waals surface area contributed by atoms with Gasteiger partial charge in [-0.05, 0) is 20.8 Å². The second kappa shape index (κ2) is 26.5. The predicted octanol–water partition coefficient (Wildman–Crippen LogP) is 2.60. The largest absolute Gasteiger partial charge is 0.397 e. The monoisotopic (exact) mass is 307 g/mol. The fourth-order valence-electron chi connectivity index (χ4n) is 1.02. The van der Waals surface area contributed by atoms with Crippen molar-refractivity contribution < 1.29 is 37.0 Å². The van der Waals surface area contributed by atoms with Gasteiger partial charge < -0.3 is 15.3 Å². The SMILES string of the molecule is CC(C)C[c-]1cccc1.CCO.CCO.CCO.[Ti]. The molecule has 0 saturated heterocycles. The molecule has 1 aromatic rings. The molecule has 0 saturated carbocycles. The number of aliphatic hydroxyl groups is 3. The van der Waals surface area contributed by atoms with Crippen molar-refractivity contribution >= 4 is 0 Å². The molecule has 0 aliphatic heterocycles. The van der Waals surface area contributed by atoms with Gasteiger partial charge in [0.15, 0.2) is 0 Å². The van der Waals surface area contributed by atoms with E-state index in [4.69, 9.17) is 15.3 Å². The van der Waals surface area contributed by atoms with Crippen LogP contribution in [0.2, 0.25) is 0 Å². The van der Waals surface area contributed by atoms with Crippen molar-refractivity contribution in [2.45, 2.75) is 41.0 Å². The van der Waals surface area contributed by atoms with Gasteiger partial charge in [-0.1, -0.05) is 26.2 Å². The first-order chi connectivity index (χ1) is 8.53. The Labute approximate surface area is 133 Å².